The van der Waals surface area contributed by atoms with E-state index >= 15 is 26.3 Å². The Morgan fingerprint density at radius 2 is 0.629 bits per heavy atom. The first-order valence-corrected chi connectivity index (χ1v) is 31.1. The third kappa shape index (κ3) is 6.82. The number of aromatic nitrogens is 5. The molecule has 0 radical (unpaired) electrons. The van der Waals surface area contributed by atoms with Gasteiger partial charge in [-0.05, 0) is 72.8 Å². The molecule has 0 atom stereocenters. The Morgan fingerprint density at radius 3 is 1.01 bits per heavy atom. The fourth-order valence-corrected chi connectivity index (χ4v) is 18.1. The van der Waals surface area contributed by atoms with E-state index in [1.54, 1.807) is 38.6 Å². The van der Waals surface area contributed by atoms with E-state index in [9.17, 15) is 5.26 Å². The van der Waals surface area contributed by atoms with Crippen LogP contribution in [0.5, 0.6) is 0 Å². The smallest absolute Gasteiger partial charge is 0.303 e. The van der Waals surface area contributed by atoms with Crippen molar-refractivity contribution in [3.05, 3.63) is 235 Å². The highest BCUT2D eigenvalue weighted by Crippen LogP contribution is 2.52. The summed E-state index contributed by atoms with van der Waals surface area (Å²) in [6.45, 7) is 0. The first-order chi connectivity index (χ1) is 43.4. The molecule has 11 aromatic carbocycles. The lowest BCUT2D eigenvalue weighted by atomic mass is 10.1. The number of nitriles is 1. The number of hydrogen-bond acceptors (Lipinski definition) is 5. The van der Waals surface area contributed by atoms with Gasteiger partial charge in [-0.15, -0.1) is 34.0 Å². The molecular weight excluding hydrogens is 1180 g/mol. The molecule has 89 heavy (non-hydrogen) atoms. The molecule has 0 bridgehead atoms. The first-order valence-electron chi connectivity index (χ1n) is 28.6. The van der Waals surface area contributed by atoms with E-state index < -0.39 is 23.5 Å². The predicted octanol–water partition coefficient (Wildman–Crippen LogP) is 22.5. The van der Waals surface area contributed by atoms with Gasteiger partial charge in [-0.25, -0.2) is 4.98 Å². The van der Waals surface area contributed by atoms with Crippen LogP contribution >= 0.6 is 34.0 Å². The molecule has 6 nitrogen and oxygen atoms in total. The molecule has 15 heteroatoms. The van der Waals surface area contributed by atoms with Crippen molar-refractivity contribution in [1.29, 1.82) is 5.26 Å². The highest BCUT2D eigenvalue weighted by Gasteiger charge is 2.37. The zero-order chi connectivity index (χ0) is 59.5. The van der Waals surface area contributed by atoms with Crippen molar-refractivity contribution in [2.45, 2.75) is 12.4 Å². The molecule has 422 valence electrons. The highest BCUT2D eigenvalue weighted by molar-refractivity contribution is 7.27. The van der Waals surface area contributed by atoms with Crippen molar-refractivity contribution in [3.63, 3.8) is 0 Å². The Kier molecular flexibility index (Phi) is 10.1. The average molecular weight is 1220 g/mol. The summed E-state index contributed by atoms with van der Waals surface area (Å²) in [5.74, 6) is 0.404. The Bertz CT molecular complexity index is 6360. The number of para-hydroxylation sites is 3. The molecular formula is C74H36F6N6S3. The summed E-state index contributed by atoms with van der Waals surface area (Å²) in [4.78, 5) is 6.15. The largest absolute Gasteiger partial charge is 0.416 e. The summed E-state index contributed by atoms with van der Waals surface area (Å²) in [6.07, 6.45) is -9.71. The maximum Gasteiger partial charge on any atom is 0.416 e. The first kappa shape index (κ1) is 50.6. The van der Waals surface area contributed by atoms with E-state index in [-0.39, 0.29) is 38.9 Å². The van der Waals surface area contributed by atoms with Crippen molar-refractivity contribution in [2.24, 2.45) is 0 Å². The van der Waals surface area contributed by atoms with Crippen LogP contribution < -0.4 is 0 Å². The summed E-state index contributed by atoms with van der Waals surface area (Å²) in [5, 5.41) is 24.5. The van der Waals surface area contributed by atoms with E-state index in [2.05, 4.69) is 111 Å². The van der Waals surface area contributed by atoms with Gasteiger partial charge in [-0.3, -0.25) is 9.13 Å². The summed E-state index contributed by atoms with van der Waals surface area (Å²) in [7, 11) is 0. The van der Waals surface area contributed by atoms with Gasteiger partial charge in [0.15, 0.2) is 11.6 Å². The Hall–Kier alpha value is -10.5. The van der Waals surface area contributed by atoms with Gasteiger partial charge in [0.2, 0.25) is 0 Å². The molecule has 19 rings (SSSR count). The monoisotopic (exact) mass is 1220 g/mol. The maximum atomic E-state index is 15.1. The fraction of sp³-hybridized carbons (Fsp3) is 0.0270. The minimum Gasteiger partial charge on any atom is -0.303 e. The summed E-state index contributed by atoms with van der Waals surface area (Å²) < 4.78 is 105. The van der Waals surface area contributed by atoms with Gasteiger partial charge < -0.3 is 9.13 Å². The van der Waals surface area contributed by atoms with Crippen LogP contribution in [-0.4, -0.2) is 23.3 Å². The molecule has 0 saturated heterocycles. The van der Waals surface area contributed by atoms with Crippen LogP contribution in [0.1, 0.15) is 16.7 Å². The quantitative estimate of drug-likeness (QED) is 0.165. The van der Waals surface area contributed by atoms with Gasteiger partial charge in [0.05, 0.1) is 69.4 Å². The molecule has 0 unspecified atom stereocenters. The Balaban J connectivity index is 1.12. The molecule has 0 saturated carbocycles. The number of hydrogen-bond donors (Lipinski definition) is 0. The van der Waals surface area contributed by atoms with Gasteiger partial charge in [-0.1, -0.05) is 146 Å². The predicted molar refractivity (Wildman–Crippen MR) is 355 cm³/mol. The molecule has 8 heterocycles. The number of fused-ring (bicyclic) bond motifs is 24. The van der Waals surface area contributed by atoms with Gasteiger partial charge in [-0.2, -0.15) is 31.6 Å². The second kappa shape index (κ2) is 17.8. The van der Waals surface area contributed by atoms with Crippen molar-refractivity contribution in [3.8, 4) is 29.1 Å². The van der Waals surface area contributed by atoms with Crippen LogP contribution in [0.25, 0.3) is 171 Å². The van der Waals surface area contributed by atoms with Crippen LogP contribution in [0, 0.1) is 11.3 Å². The number of pyridine rings is 1. The normalized spacial score (nSPS) is 12.8. The molecule has 0 aliphatic heterocycles. The number of thiophene rings is 3. The summed E-state index contributed by atoms with van der Waals surface area (Å²) >= 11 is 4.92. The van der Waals surface area contributed by atoms with Crippen LogP contribution in [0.3, 0.4) is 0 Å². The minimum atomic E-state index is -4.86. The van der Waals surface area contributed by atoms with Gasteiger partial charge >= 0.3 is 12.4 Å². The lowest BCUT2D eigenvalue weighted by Crippen LogP contribution is -2.16. The number of alkyl halides is 6. The minimum absolute atomic E-state index is 0.0784. The molecule has 0 aliphatic carbocycles. The third-order valence-electron chi connectivity index (χ3n) is 18.0. The lowest BCUT2D eigenvalue weighted by Gasteiger charge is -2.24. The van der Waals surface area contributed by atoms with Gasteiger partial charge in [0, 0.05) is 89.5 Å². The lowest BCUT2D eigenvalue weighted by molar-refractivity contribution is -0.138. The summed E-state index contributed by atoms with van der Waals surface area (Å²) in [5.41, 5.74) is 3.69. The van der Waals surface area contributed by atoms with E-state index in [1.807, 2.05) is 91.0 Å². The SMILES string of the molecule is N#Cc1c(-n2c3ccccc3c3ccc4c5ccccc5sc4c32)c(-n2c3ccc(C(F)(F)F)cc3c3cc(C(F)(F)F)ccc32)nc(-n2c3ccccc3c3ccc4c5ccccc5sc4c32)c1-n1c2ccccc2c2ccc3c4ccccc4sc3c21. The van der Waals surface area contributed by atoms with Crippen LogP contribution in [-0.2, 0) is 12.4 Å². The van der Waals surface area contributed by atoms with Crippen LogP contribution in [0.4, 0.5) is 26.3 Å². The zero-order valence-corrected chi connectivity index (χ0v) is 48.4. The second-order valence-electron chi connectivity index (χ2n) is 22.6. The van der Waals surface area contributed by atoms with E-state index in [0.717, 1.165) is 145 Å². The van der Waals surface area contributed by atoms with E-state index in [4.69, 9.17) is 4.98 Å². The standard InChI is InChI=1S/C74H36F6N6S3/c75-73(76,77)38-25-33-58-52(35-38)53-36-39(74(78,79)80)26-34-59(53)83(58)71-66(84-55-19-7-1-13-40(55)46-27-30-49-43-16-4-10-22-60(43)87-68(49)63(46)84)54(37-81)67(85-56-20-8-2-14-41(56)47-28-31-50-44-17-5-11-23-61(44)88-69(50)64(47)85)72(82-71)86-57-21-9-3-15-42(57)48-29-32-51-45-18-6-12-24-62(45)89-70(51)65(48)86/h1-36H. The third-order valence-corrected chi connectivity index (χ3v) is 21.6. The molecule has 0 amide bonds. The van der Waals surface area contributed by atoms with Gasteiger partial charge in [0.1, 0.15) is 23.0 Å². The van der Waals surface area contributed by atoms with Gasteiger partial charge in [0.25, 0.3) is 0 Å². The molecule has 8 aromatic heterocycles. The molecule has 19 aromatic rings. The maximum absolute atomic E-state index is 15.1. The second-order valence-corrected chi connectivity index (χ2v) is 25.8. The van der Waals surface area contributed by atoms with Crippen LogP contribution in [0.15, 0.2) is 218 Å². The number of nitrogens with zero attached hydrogens (tertiary/aromatic N) is 6. The zero-order valence-electron chi connectivity index (χ0n) is 46.0. The molecule has 0 aliphatic rings. The van der Waals surface area contributed by atoms with E-state index in [1.165, 1.54) is 12.1 Å². The van der Waals surface area contributed by atoms with Crippen molar-refractivity contribution >= 4 is 182 Å². The Morgan fingerprint density at radius 1 is 0.315 bits per heavy atom. The molecule has 0 fully saturated rings. The van der Waals surface area contributed by atoms with Crippen molar-refractivity contribution in [1.82, 2.24) is 23.3 Å². The van der Waals surface area contributed by atoms with E-state index in [0.29, 0.717) is 17.0 Å². The van der Waals surface area contributed by atoms with Crippen molar-refractivity contribution < 1.29 is 26.3 Å². The summed E-state index contributed by atoms with van der Waals surface area (Å²) in [6, 6.07) is 71.0. The molecule has 0 spiro atoms. The number of halogens is 6. The molecule has 0 N–H and O–H groups in total. The highest BCUT2D eigenvalue weighted by atomic mass is 32.1. The Labute approximate surface area is 510 Å². The number of benzene rings is 11. The van der Waals surface area contributed by atoms with Crippen LogP contribution in [0.2, 0.25) is 0 Å². The average Bonchev–Trinajstić information content (AvgIpc) is 1.57. The van der Waals surface area contributed by atoms with Crippen molar-refractivity contribution in [2.75, 3.05) is 0 Å². The number of rotatable bonds is 4. The topological polar surface area (TPSA) is 56.4 Å². The fourth-order valence-electron chi connectivity index (χ4n) is 14.4.